The van der Waals surface area contributed by atoms with Gasteiger partial charge in [0.05, 0.1) is 18.4 Å². The van der Waals surface area contributed by atoms with E-state index in [1.165, 1.54) is 11.3 Å². The fraction of sp³-hybridized carbons (Fsp3) is 0.611. The van der Waals surface area contributed by atoms with E-state index in [2.05, 4.69) is 32.4 Å². The van der Waals surface area contributed by atoms with Crippen LogP contribution in [0, 0.1) is 0 Å². The lowest BCUT2D eigenvalue weighted by Crippen LogP contribution is -2.41. The van der Waals surface area contributed by atoms with E-state index in [0.717, 1.165) is 31.6 Å². The molecule has 2 aromatic rings. The number of carbonyl (C=O) groups excluding carboxylic acids is 1. The quantitative estimate of drug-likeness (QED) is 0.845. The average Bonchev–Trinajstić information content (AvgIpc) is 3.21. The molecule has 0 fully saturated rings. The summed E-state index contributed by atoms with van der Waals surface area (Å²) in [4.78, 5) is 12.6. The highest BCUT2D eigenvalue weighted by Gasteiger charge is 2.27. The number of amides is 1. The molecule has 3 rings (SSSR count). The molecule has 2 heterocycles. The number of rotatable bonds is 6. The van der Waals surface area contributed by atoms with Crippen molar-refractivity contribution in [1.82, 2.24) is 24.9 Å². The van der Waals surface area contributed by atoms with Crippen LogP contribution in [0.1, 0.15) is 63.9 Å². The fourth-order valence-corrected chi connectivity index (χ4v) is 3.50. The molecular formula is C18H28N6O. The summed E-state index contributed by atoms with van der Waals surface area (Å²) in [5.41, 5.74) is 2.54. The number of aromatic nitrogens is 4. The molecule has 0 unspecified atom stereocenters. The van der Waals surface area contributed by atoms with Gasteiger partial charge < -0.3 is 5.32 Å². The summed E-state index contributed by atoms with van der Waals surface area (Å²) in [5.74, 6) is 0.689. The summed E-state index contributed by atoms with van der Waals surface area (Å²) in [6.07, 6.45) is 6.87. The predicted molar refractivity (Wildman–Crippen MR) is 97.4 cm³/mol. The molecule has 1 aliphatic rings. The minimum Gasteiger partial charge on any atom is -0.310 e. The van der Waals surface area contributed by atoms with Crippen LogP contribution in [0.3, 0.4) is 0 Å². The number of nitrogens with zero attached hydrogens (tertiary/aromatic N) is 4. The Morgan fingerprint density at radius 3 is 2.88 bits per heavy atom. The summed E-state index contributed by atoms with van der Waals surface area (Å²) in [7, 11) is 0. The molecule has 0 spiro atoms. The summed E-state index contributed by atoms with van der Waals surface area (Å²) in [6.45, 7) is 8.98. The molecule has 2 atom stereocenters. The number of aryl methyl sites for hydroxylation is 1. The van der Waals surface area contributed by atoms with Crippen LogP contribution in [0.25, 0.3) is 0 Å². The lowest BCUT2D eigenvalue weighted by molar-refractivity contribution is -0.118. The smallest absolute Gasteiger partial charge is 0.242 e. The van der Waals surface area contributed by atoms with Crippen LogP contribution in [0.2, 0.25) is 0 Å². The summed E-state index contributed by atoms with van der Waals surface area (Å²) in [6, 6.07) is 1.92. The van der Waals surface area contributed by atoms with Crippen molar-refractivity contribution in [3.63, 3.8) is 0 Å². The lowest BCUT2D eigenvalue weighted by atomic mass is 9.92. The second-order valence-electron chi connectivity index (χ2n) is 6.94. The summed E-state index contributed by atoms with van der Waals surface area (Å²) >= 11 is 0. The molecule has 1 amide bonds. The molecule has 0 saturated carbocycles. The Balaban J connectivity index is 1.66. The maximum atomic E-state index is 12.6. The van der Waals surface area contributed by atoms with Crippen LogP contribution in [-0.4, -0.2) is 31.5 Å². The van der Waals surface area contributed by atoms with Crippen LogP contribution in [0.5, 0.6) is 0 Å². The van der Waals surface area contributed by atoms with E-state index in [0.29, 0.717) is 0 Å². The molecule has 1 aliphatic carbocycles. The zero-order valence-electron chi connectivity index (χ0n) is 15.5. The molecule has 7 nitrogen and oxygen atoms in total. The summed E-state index contributed by atoms with van der Waals surface area (Å²) < 4.78 is 3.88. The topological polar surface area (TPSA) is 76.8 Å². The van der Waals surface area contributed by atoms with Gasteiger partial charge in [0, 0.05) is 36.0 Å². The van der Waals surface area contributed by atoms with Crippen molar-refractivity contribution in [1.29, 1.82) is 0 Å². The molecule has 2 aromatic heterocycles. The van der Waals surface area contributed by atoms with E-state index in [9.17, 15) is 4.79 Å². The Labute approximate surface area is 148 Å². The van der Waals surface area contributed by atoms with E-state index in [1.807, 2.05) is 37.7 Å². The first-order chi connectivity index (χ1) is 12.0. The zero-order valence-corrected chi connectivity index (χ0v) is 15.5. The minimum absolute atomic E-state index is 0.0441. The Kier molecular flexibility index (Phi) is 5.22. The SMILES string of the molecule is CCn1ncc2c1CCC[C@H]2N[C@H](C)C(=O)Nc1ccnn1C(C)C. The highest BCUT2D eigenvalue weighted by molar-refractivity contribution is 5.93. The van der Waals surface area contributed by atoms with Crippen LogP contribution < -0.4 is 10.6 Å². The molecule has 25 heavy (non-hydrogen) atoms. The monoisotopic (exact) mass is 344 g/mol. The highest BCUT2D eigenvalue weighted by Crippen LogP contribution is 2.30. The zero-order chi connectivity index (χ0) is 18.0. The fourth-order valence-electron chi connectivity index (χ4n) is 3.50. The molecule has 136 valence electrons. The van der Waals surface area contributed by atoms with Gasteiger partial charge in [0.15, 0.2) is 0 Å². The van der Waals surface area contributed by atoms with Gasteiger partial charge in [-0.1, -0.05) is 0 Å². The summed E-state index contributed by atoms with van der Waals surface area (Å²) in [5, 5.41) is 15.2. The molecule has 0 aromatic carbocycles. The molecule has 0 aliphatic heterocycles. The van der Waals surface area contributed by atoms with Gasteiger partial charge >= 0.3 is 0 Å². The highest BCUT2D eigenvalue weighted by atomic mass is 16.2. The Bertz CT molecular complexity index is 732. The van der Waals surface area contributed by atoms with E-state index in [-0.39, 0.29) is 24.0 Å². The number of hydrogen-bond acceptors (Lipinski definition) is 4. The van der Waals surface area contributed by atoms with E-state index >= 15 is 0 Å². The van der Waals surface area contributed by atoms with Gasteiger partial charge in [0.25, 0.3) is 0 Å². The van der Waals surface area contributed by atoms with Gasteiger partial charge in [-0.15, -0.1) is 0 Å². The first kappa shape index (κ1) is 17.7. The second kappa shape index (κ2) is 7.39. The average molecular weight is 344 g/mol. The molecule has 0 saturated heterocycles. The minimum atomic E-state index is -0.295. The number of hydrogen-bond donors (Lipinski definition) is 2. The third kappa shape index (κ3) is 3.61. The van der Waals surface area contributed by atoms with E-state index in [1.54, 1.807) is 6.20 Å². The second-order valence-corrected chi connectivity index (χ2v) is 6.94. The van der Waals surface area contributed by atoms with Crippen molar-refractivity contribution in [2.24, 2.45) is 0 Å². The first-order valence-corrected chi connectivity index (χ1v) is 9.16. The van der Waals surface area contributed by atoms with Gasteiger partial charge in [0.2, 0.25) is 5.91 Å². The third-order valence-corrected chi connectivity index (χ3v) is 4.82. The van der Waals surface area contributed by atoms with Crippen LogP contribution in [0.4, 0.5) is 5.82 Å². The van der Waals surface area contributed by atoms with Crippen molar-refractivity contribution in [3.05, 3.63) is 29.7 Å². The number of fused-ring (bicyclic) bond motifs is 1. The van der Waals surface area contributed by atoms with Gasteiger partial charge in [0.1, 0.15) is 5.82 Å². The van der Waals surface area contributed by atoms with Gasteiger partial charge in [-0.3, -0.25) is 14.8 Å². The first-order valence-electron chi connectivity index (χ1n) is 9.16. The number of nitrogens with one attached hydrogen (secondary N) is 2. The van der Waals surface area contributed by atoms with Crippen molar-refractivity contribution < 1.29 is 4.79 Å². The Hall–Kier alpha value is -2.15. The Morgan fingerprint density at radius 2 is 2.16 bits per heavy atom. The lowest BCUT2D eigenvalue weighted by Gasteiger charge is -2.27. The molecular weight excluding hydrogens is 316 g/mol. The molecule has 7 heteroatoms. The van der Waals surface area contributed by atoms with E-state index in [4.69, 9.17) is 0 Å². The van der Waals surface area contributed by atoms with Gasteiger partial charge in [-0.25, -0.2) is 4.68 Å². The maximum absolute atomic E-state index is 12.6. The van der Waals surface area contributed by atoms with Gasteiger partial charge in [-0.2, -0.15) is 10.2 Å². The van der Waals surface area contributed by atoms with E-state index < -0.39 is 0 Å². The molecule has 0 bridgehead atoms. The number of anilines is 1. The van der Waals surface area contributed by atoms with Crippen LogP contribution in [-0.2, 0) is 17.8 Å². The Morgan fingerprint density at radius 1 is 1.36 bits per heavy atom. The van der Waals surface area contributed by atoms with Crippen molar-refractivity contribution in [3.8, 4) is 0 Å². The van der Waals surface area contributed by atoms with Crippen LogP contribution in [0.15, 0.2) is 18.5 Å². The third-order valence-electron chi connectivity index (χ3n) is 4.82. The van der Waals surface area contributed by atoms with Gasteiger partial charge in [-0.05, 0) is 47.0 Å². The standard InChI is InChI=1S/C18H28N6O/c1-5-23-16-8-6-7-15(14(16)11-20-23)21-13(4)18(25)22-17-9-10-19-24(17)12(2)3/h9-13,15,21H,5-8H2,1-4H3,(H,22,25)/t13-,15-/m1/s1. The van der Waals surface area contributed by atoms with Crippen LogP contribution >= 0.6 is 0 Å². The van der Waals surface area contributed by atoms with Crippen molar-refractivity contribution in [2.75, 3.05) is 5.32 Å². The predicted octanol–water partition coefficient (Wildman–Crippen LogP) is 2.67. The van der Waals surface area contributed by atoms with Crippen molar-refractivity contribution >= 4 is 11.7 Å². The van der Waals surface area contributed by atoms with Crippen molar-refractivity contribution in [2.45, 2.75) is 71.6 Å². The molecule has 0 radical (unpaired) electrons. The molecule has 2 N–H and O–H groups in total. The largest absolute Gasteiger partial charge is 0.310 e. The number of carbonyl (C=O) groups is 1. The normalized spacial score (nSPS) is 18.2. The maximum Gasteiger partial charge on any atom is 0.242 e.